The fourth-order valence-corrected chi connectivity index (χ4v) is 2.35. The fourth-order valence-electron chi connectivity index (χ4n) is 2.35. The third kappa shape index (κ3) is 2.88. The molecule has 5 heteroatoms. The van der Waals surface area contributed by atoms with Crippen LogP contribution < -0.4 is 5.32 Å². The Morgan fingerprint density at radius 1 is 1.35 bits per heavy atom. The number of aromatic nitrogens is 2. The zero-order valence-corrected chi connectivity index (χ0v) is 11.6. The smallest absolute Gasteiger partial charge is 0.243 e. The highest BCUT2D eigenvalue weighted by molar-refractivity contribution is 5.53. The molecule has 1 aromatic carbocycles. The summed E-state index contributed by atoms with van der Waals surface area (Å²) in [7, 11) is 0. The summed E-state index contributed by atoms with van der Waals surface area (Å²) in [5, 5.41) is 7.39. The Balaban J connectivity index is 1.72. The molecule has 1 heterocycles. The van der Waals surface area contributed by atoms with Gasteiger partial charge in [0.25, 0.3) is 0 Å². The highest BCUT2D eigenvalue weighted by Crippen LogP contribution is 2.33. The molecule has 0 amide bonds. The maximum Gasteiger partial charge on any atom is 0.243 e. The molecule has 0 aliphatic heterocycles. The minimum absolute atomic E-state index is 0.000379. The Bertz CT molecular complexity index is 594. The topological polar surface area (TPSA) is 51.0 Å². The maximum atomic E-state index is 13.2. The predicted molar refractivity (Wildman–Crippen MR) is 73.4 cm³/mol. The molecule has 0 spiro atoms. The van der Waals surface area contributed by atoms with Gasteiger partial charge in [0.15, 0.2) is 0 Å². The van der Waals surface area contributed by atoms with Crippen molar-refractivity contribution in [1.29, 1.82) is 0 Å². The lowest BCUT2D eigenvalue weighted by Crippen LogP contribution is -2.30. The second kappa shape index (κ2) is 5.32. The van der Waals surface area contributed by atoms with Gasteiger partial charge in [-0.2, -0.15) is 4.98 Å². The van der Waals surface area contributed by atoms with Crippen molar-refractivity contribution < 1.29 is 8.91 Å². The zero-order valence-electron chi connectivity index (χ0n) is 11.6. The molecule has 20 heavy (non-hydrogen) atoms. The van der Waals surface area contributed by atoms with Crippen molar-refractivity contribution in [3.05, 3.63) is 36.0 Å². The zero-order chi connectivity index (χ0) is 14.1. The quantitative estimate of drug-likeness (QED) is 0.909. The Hall–Kier alpha value is -1.75. The molecular weight excluding hydrogens is 257 g/mol. The second-order valence-corrected chi connectivity index (χ2v) is 5.48. The molecule has 3 rings (SSSR count). The molecule has 106 valence electrons. The van der Waals surface area contributed by atoms with Crippen molar-refractivity contribution in [2.24, 2.45) is 5.92 Å². The molecule has 0 saturated heterocycles. The van der Waals surface area contributed by atoms with E-state index in [4.69, 9.17) is 4.52 Å². The van der Waals surface area contributed by atoms with Crippen LogP contribution in [0.1, 0.15) is 38.6 Å². The first-order valence-electron chi connectivity index (χ1n) is 6.99. The number of rotatable bonds is 5. The van der Waals surface area contributed by atoms with Crippen LogP contribution in [0.4, 0.5) is 4.39 Å². The minimum atomic E-state index is -0.303. The summed E-state index contributed by atoms with van der Waals surface area (Å²) >= 11 is 0. The lowest BCUT2D eigenvalue weighted by atomic mass is 10.2. The van der Waals surface area contributed by atoms with E-state index in [9.17, 15) is 4.39 Å². The van der Waals surface area contributed by atoms with E-state index in [0.717, 1.165) is 5.92 Å². The van der Waals surface area contributed by atoms with Crippen LogP contribution in [0, 0.1) is 11.7 Å². The van der Waals surface area contributed by atoms with E-state index >= 15 is 0 Å². The van der Waals surface area contributed by atoms with E-state index in [1.165, 1.54) is 25.0 Å². The molecule has 1 aromatic heterocycles. The molecule has 2 aromatic rings. The van der Waals surface area contributed by atoms with Gasteiger partial charge >= 0.3 is 0 Å². The van der Waals surface area contributed by atoms with Gasteiger partial charge in [-0.15, -0.1) is 0 Å². The number of nitrogens with one attached hydrogen (secondary N) is 1. The van der Waals surface area contributed by atoms with E-state index in [2.05, 4.69) is 22.4 Å². The normalized spacial score (nSPS) is 17.9. The second-order valence-electron chi connectivity index (χ2n) is 5.48. The molecule has 4 nitrogen and oxygen atoms in total. The monoisotopic (exact) mass is 275 g/mol. The van der Waals surface area contributed by atoms with Gasteiger partial charge < -0.3 is 9.84 Å². The van der Waals surface area contributed by atoms with Crippen molar-refractivity contribution in [3.8, 4) is 11.4 Å². The van der Waals surface area contributed by atoms with Crippen molar-refractivity contribution in [1.82, 2.24) is 15.5 Å². The standard InChI is InChI=1S/C15H18FN3O/c1-9(11-6-7-11)17-10(2)15-18-14(19-20-15)12-4-3-5-13(16)8-12/h3-5,8-11,17H,6-7H2,1-2H3. The van der Waals surface area contributed by atoms with Crippen molar-refractivity contribution in [2.45, 2.75) is 38.8 Å². The van der Waals surface area contributed by atoms with E-state index in [1.54, 1.807) is 12.1 Å². The van der Waals surface area contributed by atoms with Crippen LogP contribution in [0.5, 0.6) is 0 Å². The Labute approximate surface area is 117 Å². The van der Waals surface area contributed by atoms with Crippen LogP contribution in [0.3, 0.4) is 0 Å². The first kappa shape index (κ1) is 13.2. The van der Waals surface area contributed by atoms with Crippen LogP contribution in [0.25, 0.3) is 11.4 Å². The van der Waals surface area contributed by atoms with Gasteiger partial charge in [0, 0.05) is 11.6 Å². The van der Waals surface area contributed by atoms with E-state index in [1.807, 2.05) is 6.92 Å². The van der Waals surface area contributed by atoms with E-state index < -0.39 is 0 Å². The summed E-state index contributed by atoms with van der Waals surface area (Å²) < 4.78 is 18.5. The maximum absolute atomic E-state index is 13.2. The summed E-state index contributed by atoms with van der Waals surface area (Å²) in [4.78, 5) is 4.35. The fraction of sp³-hybridized carbons (Fsp3) is 0.467. The van der Waals surface area contributed by atoms with Crippen molar-refractivity contribution >= 4 is 0 Å². The van der Waals surface area contributed by atoms with Crippen LogP contribution in [0.2, 0.25) is 0 Å². The highest BCUT2D eigenvalue weighted by Gasteiger charge is 2.29. The lowest BCUT2D eigenvalue weighted by molar-refractivity contribution is 0.319. The van der Waals surface area contributed by atoms with Gasteiger partial charge in [-0.3, -0.25) is 0 Å². The largest absolute Gasteiger partial charge is 0.337 e. The van der Waals surface area contributed by atoms with Crippen LogP contribution in [0.15, 0.2) is 28.8 Å². The third-order valence-corrected chi connectivity index (χ3v) is 3.74. The highest BCUT2D eigenvalue weighted by atomic mass is 19.1. The first-order valence-corrected chi connectivity index (χ1v) is 6.99. The lowest BCUT2D eigenvalue weighted by Gasteiger charge is -2.16. The number of nitrogens with zero attached hydrogens (tertiary/aromatic N) is 2. The SMILES string of the molecule is CC(NC(C)C1CC1)c1nc(-c2cccc(F)c2)no1. The molecule has 1 aliphatic carbocycles. The van der Waals surface area contributed by atoms with Gasteiger partial charge in [0.05, 0.1) is 6.04 Å². The van der Waals surface area contributed by atoms with Gasteiger partial charge in [0.1, 0.15) is 5.82 Å². The molecule has 2 unspecified atom stereocenters. The summed E-state index contributed by atoms with van der Waals surface area (Å²) in [5.41, 5.74) is 0.627. The third-order valence-electron chi connectivity index (χ3n) is 3.74. The molecular formula is C15H18FN3O. The minimum Gasteiger partial charge on any atom is -0.337 e. The summed E-state index contributed by atoms with van der Waals surface area (Å²) in [6, 6.07) is 6.65. The number of hydrogen-bond acceptors (Lipinski definition) is 4. The first-order chi connectivity index (χ1) is 9.63. The van der Waals surface area contributed by atoms with Crippen LogP contribution in [-0.2, 0) is 0 Å². The summed E-state index contributed by atoms with van der Waals surface area (Å²) in [6.45, 7) is 4.18. The molecule has 0 radical (unpaired) electrons. The Morgan fingerprint density at radius 3 is 2.85 bits per heavy atom. The number of benzene rings is 1. The number of halogens is 1. The molecule has 1 N–H and O–H groups in total. The van der Waals surface area contributed by atoms with Gasteiger partial charge in [-0.25, -0.2) is 4.39 Å². The molecule has 1 aliphatic rings. The van der Waals surface area contributed by atoms with Crippen molar-refractivity contribution in [3.63, 3.8) is 0 Å². The van der Waals surface area contributed by atoms with Crippen molar-refractivity contribution in [2.75, 3.05) is 0 Å². The average molecular weight is 275 g/mol. The number of hydrogen-bond donors (Lipinski definition) is 1. The van der Waals surface area contributed by atoms with Crippen LogP contribution in [-0.4, -0.2) is 16.2 Å². The molecule has 1 saturated carbocycles. The predicted octanol–water partition coefficient (Wildman–Crippen LogP) is 3.32. The van der Waals surface area contributed by atoms with Gasteiger partial charge in [0.2, 0.25) is 11.7 Å². The van der Waals surface area contributed by atoms with Crippen LogP contribution >= 0.6 is 0 Å². The Morgan fingerprint density at radius 2 is 2.15 bits per heavy atom. The van der Waals surface area contributed by atoms with Gasteiger partial charge in [-0.05, 0) is 44.7 Å². The molecule has 1 fully saturated rings. The average Bonchev–Trinajstić information content (AvgIpc) is 3.16. The van der Waals surface area contributed by atoms with E-state index in [-0.39, 0.29) is 11.9 Å². The molecule has 2 atom stereocenters. The summed E-state index contributed by atoms with van der Waals surface area (Å²) in [6.07, 6.45) is 2.58. The Kier molecular flexibility index (Phi) is 3.53. The van der Waals surface area contributed by atoms with Gasteiger partial charge in [-0.1, -0.05) is 17.3 Å². The molecule has 0 bridgehead atoms. The summed E-state index contributed by atoms with van der Waals surface area (Å²) in [5.74, 6) is 1.43. The van der Waals surface area contributed by atoms with E-state index in [0.29, 0.717) is 23.3 Å².